The van der Waals surface area contributed by atoms with Crippen molar-refractivity contribution in [2.45, 2.75) is 45.6 Å². The van der Waals surface area contributed by atoms with E-state index >= 15 is 0 Å². The van der Waals surface area contributed by atoms with Crippen molar-refractivity contribution in [2.75, 3.05) is 5.73 Å². The molecule has 0 aliphatic heterocycles. The smallest absolute Gasteiger partial charge is 0.273 e. The van der Waals surface area contributed by atoms with Gasteiger partial charge < -0.3 is 11.1 Å². The molecular weight excluding hydrogens is 354 g/mol. The zero-order valence-corrected chi connectivity index (χ0v) is 16.4. The van der Waals surface area contributed by atoms with Gasteiger partial charge in [0.05, 0.1) is 17.8 Å². The number of nitrogens with two attached hydrogens (primary N) is 1. The quantitative estimate of drug-likeness (QED) is 0.607. The molecule has 0 radical (unpaired) electrons. The van der Waals surface area contributed by atoms with E-state index in [-0.39, 0.29) is 23.9 Å². The van der Waals surface area contributed by atoms with Gasteiger partial charge in [-0.05, 0) is 67.5 Å². The molecule has 2 aromatic heterocycles. The van der Waals surface area contributed by atoms with Gasteiger partial charge in [-0.25, -0.2) is 4.98 Å². The highest BCUT2D eigenvalue weighted by molar-refractivity contribution is 5.85. The molecule has 1 aliphatic carbocycles. The van der Waals surface area contributed by atoms with Gasteiger partial charge in [-0.1, -0.05) is 6.07 Å². The number of H-pyrrole nitrogens is 1. The number of fused-ring (bicyclic) bond motifs is 2. The summed E-state index contributed by atoms with van der Waals surface area (Å²) in [4.78, 5) is 29.6. The molecule has 1 unspecified atom stereocenters. The molecule has 0 saturated heterocycles. The summed E-state index contributed by atoms with van der Waals surface area (Å²) in [5.74, 6) is -0.0608. The zero-order chi connectivity index (χ0) is 20.0. The van der Waals surface area contributed by atoms with Gasteiger partial charge in [-0.2, -0.15) is 0 Å². The number of aryl methyl sites for hydroxylation is 4. The molecule has 1 aromatic carbocycles. The highest BCUT2D eigenvalue weighted by Gasteiger charge is 2.23. The maximum Gasteiger partial charge on any atom is 0.273 e. The molecule has 1 aliphatic rings. The number of nitrogen functional groups attached to an aromatic ring is 1. The number of aromatic nitrogens is 3. The number of nitrogens with zero attached hydrogens (tertiary/aromatic N) is 2. The summed E-state index contributed by atoms with van der Waals surface area (Å²) in [5, 5.41) is 6.45. The molecular formula is C21H25N5O2. The average Bonchev–Trinajstić information content (AvgIpc) is 2.92. The first-order valence-corrected chi connectivity index (χ1v) is 9.57. The van der Waals surface area contributed by atoms with Gasteiger partial charge in [0.15, 0.2) is 5.65 Å². The summed E-state index contributed by atoms with van der Waals surface area (Å²) in [6, 6.07) is 5.90. The molecule has 2 heterocycles. The molecule has 4 rings (SSSR count). The highest BCUT2D eigenvalue weighted by atomic mass is 16.1. The fourth-order valence-electron chi connectivity index (χ4n) is 4.30. The van der Waals surface area contributed by atoms with Crippen molar-refractivity contribution >= 4 is 22.6 Å². The fourth-order valence-corrected chi connectivity index (χ4v) is 4.30. The lowest BCUT2D eigenvalue weighted by atomic mass is 9.87. The third-order valence-corrected chi connectivity index (χ3v) is 5.73. The van der Waals surface area contributed by atoms with Crippen LogP contribution in [0.2, 0.25) is 0 Å². The summed E-state index contributed by atoms with van der Waals surface area (Å²) in [6.07, 6.45) is 3.13. The fraction of sp³-hybridized carbons (Fsp3) is 0.381. The number of hydrogen-bond donors (Lipinski definition) is 3. The van der Waals surface area contributed by atoms with Crippen LogP contribution >= 0.6 is 0 Å². The Morgan fingerprint density at radius 3 is 2.96 bits per heavy atom. The van der Waals surface area contributed by atoms with E-state index in [4.69, 9.17) is 5.73 Å². The standard InChI is InChI=1S/C21H25N5O2/c1-11-16(12(2)23-20-19(11)21(28)25-26(20)3)10-18(27)24-17-6-4-5-13-9-14(22)7-8-15(13)17/h7-9,17H,4-6,10,22H2,1-3H3,(H,24,27)(H,25,28). The Bertz CT molecular complexity index is 1140. The minimum Gasteiger partial charge on any atom is -0.399 e. The van der Waals surface area contributed by atoms with E-state index in [9.17, 15) is 9.59 Å². The molecule has 0 spiro atoms. The number of carbonyl (C=O) groups excluding carboxylic acids is 1. The summed E-state index contributed by atoms with van der Waals surface area (Å²) in [6.45, 7) is 3.76. The molecule has 4 N–H and O–H groups in total. The Morgan fingerprint density at radius 1 is 1.39 bits per heavy atom. The third kappa shape index (κ3) is 3.06. The Labute approximate surface area is 162 Å². The first-order chi connectivity index (χ1) is 13.3. The first kappa shape index (κ1) is 18.3. The molecule has 0 fully saturated rings. The third-order valence-electron chi connectivity index (χ3n) is 5.73. The van der Waals surface area contributed by atoms with E-state index in [0.29, 0.717) is 11.0 Å². The number of anilines is 1. The predicted octanol–water partition coefficient (Wildman–Crippen LogP) is 2.20. The van der Waals surface area contributed by atoms with Crippen LogP contribution in [0.15, 0.2) is 23.0 Å². The van der Waals surface area contributed by atoms with Gasteiger partial charge in [0, 0.05) is 18.4 Å². The lowest BCUT2D eigenvalue weighted by molar-refractivity contribution is -0.121. The molecule has 3 aromatic rings. The van der Waals surface area contributed by atoms with Crippen molar-refractivity contribution in [3.05, 3.63) is 56.5 Å². The number of carbonyl (C=O) groups is 1. The summed E-state index contributed by atoms with van der Waals surface area (Å²) < 4.78 is 1.62. The number of benzene rings is 1. The van der Waals surface area contributed by atoms with E-state index < -0.39 is 0 Å². The van der Waals surface area contributed by atoms with Crippen molar-refractivity contribution in [3.63, 3.8) is 0 Å². The molecule has 0 saturated carbocycles. The van der Waals surface area contributed by atoms with E-state index in [1.807, 2.05) is 32.0 Å². The van der Waals surface area contributed by atoms with E-state index in [2.05, 4.69) is 15.4 Å². The minimum absolute atomic E-state index is 0.00530. The lowest BCUT2D eigenvalue weighted by Gasteiger charge is -2.27. The minimum atomic E-state index is -0.178. The van der Waals surface area contributed by atoms with Crippen molar-refractivity contribution in [3.8, 4) is 0 Å². The van der Waals surface area contributed by atoms with Crippen LogP contribution in [0.1, 0.15) is 46.8 Å². The number of rotatable bonds is 3. The highest BCUT2D eigenvalue weighted by Crippen LogP contribution is 2.31. The Kier molecular flexibility index (Phi) is 4.45. The van der Waals surface area contributed by atoms with Crippen LogP contribution in [0.3, 0.4) is 0 Å². The lowest BCUT2D eigenvalue weighted by Crippen LogP contribution is -2.32. The molecule has 1 amide bonds. The number of amides is 1. The van der Waals surface area contributed by atoms with Gasteiger partial charge in [0.2, 0.25) is 5.91 Å². The van der Waals surface area contributed by atoms with Crippen LogP contribution in [0.25, 0.3) is 11.0 Å². The predicted molar refractivity (Wildman–Crippen MR) is 109 cm³/mol. The first-order valence-electron chi connectivity index (χ1n) is 9.57. The van der Waals surface area contributed by atoms with Crippen LogP contribution in [0.5, 0.6) is 0 Å². The zero-order valence-electron chi connectivity index (χ0n) is 16.4. The summed E-state index contributed by atoms with van der Waals surface area (Å²) in [5.41, 5.74) is 11.8. The van der Waals surface area contributed by atoms with E-state index in [0.717, 1.165) is 47.3 Å². The van der Waals surface area contributed by atoms with Crippen LogP contribution in [0.4, 0.5) is 5.69 Å². The van der Waals surface area contributed by atoms with Crippen molar-refractivity contribution < 1.29 is 4.79 Å². The molecule has 0 bridgehead atoms. The second kappa shape index (κ2) is 6.82. The molecule has 146 valence electrons. The van der Waals surface area contributed by atoms with Crippen LogP contribution in [-0.2, 0) is 24.7 Å². The van der Waals surface area contributed by atoms with E-state index in [1.165, 1.54) is 5.56 Å². The SMILES string of the molecule is Cc1nc2c(c(C)c1CC(=O)NC1CCCc3cc(N)ccc31)c(=O)[nH]n2C. The van der Waals surface area contributed by atoms with Crippen molar-refractivity contribution in [1.29, 1.82) is 0 Å². The molecule has 1 atom stereocenters. The largest absolute Gasteiger partial charge is 0.399 e. The Morgan fingerprint density at radius 2 is 2.18 bits per heavy atom. The van der Waals surface area contributed by atoms with Crippen LogP contribution < -0.4 is 16.6 Å². The molecule has 7 heteroatoms. The summed E-state index contributed by atoms with van der Waals surface area (Å²) in [7, 11) is 1.76. The number of nitrogens with one attached hydrogen (secondary N) is 2. The topological polar surface area (TPSA) is 106 Å². The monoisotopic (exact) mass is 379 g/mol. The molecule has 28 heavy (non-hydrogen) atoms. The Balaban J connectivity index is 1.60. The second-order valence-corrected chi connectivity index (χ2v) is 7.65. The average molecular weight is 379 g/mol. The maximum atomic E-state index is 12.8. The number of hydrogen-bond acceptors (Lipinski definition) is 4. The van der Waals surface area contributed by atoms with Gasteiger partial charge in [-0.3, -0.25) is 19.4 Å². The number of aromatic amines is 1. The Hall–Kier alpha value is -3.09. The van der Waals surface area contributed by atoms with Crippen LogP contribution in [0, 0.1) is 13.8 Å². The summed E-state index contributed by atoms with van der Waals surface area (Å²) >= 11 is 0. The van der Waals surface area contributed by atoms with Crippen LogP contribution in [-0.4, -0.2) is 20.7 Å². The van der Waals surface area contributed by atoms with Crippen molar-refractivity contribution in [2.24, 2.45) is 7.05 Å². The normalized spacial score (nSPS) is 16.2. The van der Waals surface area contributed by atoms with E-state index in [1.54, 1.807) is 11.7 Å². The molecule has 7 nitrogen and oxygen atoms in total. The second-order valence-electron chi connectivity index (χ2n) is 7.65. The number of pyridine rings is 1. The van der Waals surface area contributed by atoms with Gasteiger partial charge in [-0.15, -0.1) is 0 Å². The maximum absolute atomic E-state index is 12.8. The van der Waals surface area contributed by atoms with Gasteiger partial charge in [0.25, 0.3) is 5.56 Å². The van der Waals surface area contributed by atoms with Gasteiger partial charge >= 0.3 is 0 Å². The van der Waals surface area contributed by atoms with Gasteiger partial charge in [0.1, 0.15) is 0 Å². The van der Waals surface area contributed by atoms with Crippen molar-refractivity contribution in [1.82, 2.24) is 20.1 Å².